The van der Waals surface area contributed by atoms with Gasteiger partial charge in [-0.3, -0.25) is 4.79 Å². The van der Waals surface area contributed by atoms with Gasteiger partial charge in [0.15, 0.2) is 0 Å². The molecule has 1 fully saturated rings. The minimum absolute atomic E-state index is 0.0429. The van der Waals surface area contributed by atoms with E-state index in [-0.39, 0.29) is 5.91 Å². The van der Waals surface area contributed by atoms with E-state index in [1.807, 2.05) is 6.07 Å². The number of nitriles is 1. The molecule has 0 atom stereocenters. The third kappa shape index (κ3) is 4.55. The second-order valence-corrected chi connectivity index (χ2v) is 5.48. The van der Waals surface area contributed by atoms with Crippen LogP contribution in [0.25, 0.3) is 0 Å². The Kier molecular flexibility index (Phi) is 5.73. The molecule has 1 aromatic rings. The van der Waals surface area contributed by atoms with Crippen molar-refractivity contribution in [3.63, 3.8) is 0 Å². The average molecular weight is 286 g/mol. The third-order valence-electron chi connectivity index (χ3n) is 4.02. The summed E-state index contributed by atoms with van der Waals surface area (Å²) in [6.07, 6.45) is 2.69. The Bertz CT molecular complexity index is 515. The zero-order valence-electron chi connectivity index (χ0n) is 12.2. The Morgan fingerprint density at radius 3 is 2.76 bits per heavy atom. The van der Waals surface area contributed by atoms with E-state index in [0.717, 1.165) is 39.0 Å². The van der Waals surface area contributed by atoms with Gasteiger partial charge in [0.05, 0.1) is 11.3 Å². The van der Waals surface area contributed by atoms with Gasteiger partial charge in [-0.15, -0.1) is 0 Å². The standard InChI is InChI=1S/C16H22N4O/c17-11-13-5-8-20(9-6-13)10-7-16(21)19-15-4-2-1-3-14(15)12-18/h1-4,13H,5-11,17H2,(H,19,21). The summed E-state index contributed by atoms with van der Waals surface area (Å²) in [6.45, 7) is 3.56. The average Bonchev–Trinajstić information content (AvgIpc) is 2.54. The molecular formula is C16H22N4O. The molecular weight excluding hydrogens is 264 g/mol. The van der Waals surface area contributed by atoms with Crippen LogP contribution < -0.4 is 11.1 Å². The molecule has 2 rings (SSSR count). The summed E-state index contributed by atoms with van der Waals surface area (Å²) in [5, 5.41) is 11.8. The lowest BCUT2D eigenvalue weighted by molar-refractivity contribution is -0.116. The monoisotopic (exact) mass is 286 g/mol. The van der Waals surface area contributed by atoms with Gasteiger partial charge in [0.2, 0.25) is 5.91 Å². The number of nitrogens with one attached hydrogen (secondary N) is 1. The van der Waals surface area contributed by atoms with Crippen molar-refractivity contribution >= 4 is 11.6 Å². The molecule has 0 bridgehead atoms. The van der Waals surface area contributed by atoms with Gasteiger partial charge in [-0.05, 0) is 50.5 Å². The van der Waals surface area contributed by atoms with Crippen LogP contribution in [-0.2, 0) is 4.79 Å². The zero-order valence-corrected chi connectivity index (χ0v) is 12.2. The highest BCUT2D eigenvalue weighted by atomic mass is 16.1. The van der Waals surface area contributed by atoms with Crippen molar-refractivity contribution in [3.8, 4) is 6.07 Å². The van der Waals surface area contributed by atoms with Crippen LogP contribution in [0.1, 0.15) is 24.8 Å². The maximum absolute atomic E-state index is 12.0. The number of rotatable bonds is 5. The molecule has 1 aliphatic rings. The first-order valence-electron chi connectivity index (χ1n) is 7.44. The van der Waals surface area contributed by atoms with Gasteiger partial charge in [-0.2, -0.15) is 5.26 Å². The maximum atomic E-state index is 12.0. The Labute approximate surface area is 125 Å². The molecule has 0 spiro atoms. The maximum Gasteiger partial charge on any atom is 0.225 e. The summed E-state index contributed by atoms with van der Waals surface area (Å²) in [5.41, 5.74) is 6.76. The summed E-state index contributed by atoms with van der Waals surface area (Å²) in [6, 6.07) is 9.14. The van der Waals surface area contributed by atoms with Crippen LogP contribution in [0.15, 0.2) is 24.3 Å². The number of hydrogen-bond acceptors (Lipinski definition) is 4. The Morgan fingerprint density at radius 1 is 1.38 bits per heavy atom. The molecule has 1 aromatic carbocycles. The lowest BCUT2D eigenvalue weighted by Crippen LogP contribution is -2.37. The molecule has 3 N–H and O–H groups in total. The van der Waals surface area contributed by atoms with E-state index in [0.29, 0.717) is 23.6 Å². The van der Waals surface area contributed by atoms with Crippen molar-refractivity contribution in [2.75, 3.05) is 31.5 Å². The number of piperidine rings is 1. The van der Waals surface area contributed by atoms with E-state index >= 15 is 0 Å². The van der Waals surface area contributed by atoms with Crippen molar-refractivity contribution in [1.29, 1.82) is 5.26 Å². The van der Waals surface area contributed by atoms with Crippen molar-refractivity contribution in [2.45, 2.75) is 19.3 Å². The molecule has 0 aliphatic carbocycles. The number of para-hydroxylation sites is 1. The molecule has 1 amide bonds. The first kappa shape index (κ1) is 15.5. The minimum Gasteiger partial charge on any atom is -0.330 e. The van der Waals surface area contributed by atoms with Crippen molar-refractivity contribution in [1.82, 2.24) is 4.90 Å². The second kappa shape index (κ2) is 7.77. The molecule has 0 unspecified atom stereocenters. The molecule has 0 aromatic heterocycles. The summed E-state index contributed by atoms with van der Waals surface area (Å²) in [7, 11) is 0. The van der Waals surface area contributed by atoms with Crippen LogP contribution >= 0.6 is 0 Å². The van der Waals surface area contributed by atoms with Gasteiger partial charge in [-0.1, -0.05) is 12.1 Å². The predicted molar refractivity (Wildman–Crippen MR) is 82.6 cm³/mol. The molecule has 0 saturated carbocycles. The van der Waals surface area contributed by atoms with Crippen LogP contribution in [0.2, 0.25) is 0 Å². The van der Waals surface area contributed by atoms with Gasteiger partial charge >= 0.3 is 0 Å². The van der Waals surface area contributed by atoms with E-state index in [1.54, 1.807) is 18.2 Å². The largest absolute Gasteiger partial charge is 0.330 e. The summed E-state index contributed by atoms with van der Waals surface area (Å²) >= 11 is 0. The lowest BCUT2D eigenvalue weighted by atomic mass is 9.97. The highest BCUT2D eigenvalue weighted by Crippen LogP contribution is 2.16. The number of amides is 1. The predicted octanol–water partition coefficient (Wildman–Crippen LogP) is 1.56. The van der Waals surface area contributed by atoms with Crippen molar-refractivity contribution < 1.29 is 4.79 Å². The van der Waals surface area contributed by atoms with E-state index in [2.05, 4.69) is 16.3 Å². The quantitative estimate of drug-likeness (QED) is 0.860. The normalized spacial score (nSPS) is 16.4. The molecule has 5 nitrogen and oxygen atoms in total. The van der Waals surface area contributed by atoms with E-state index in [4.69, 9.17) is 11.0 Å². The Balaban J connectivity index is 1.77. The summed E-state index contributed by atoms with van der Waals surface area (Å²) < 4.78 is 0. The van der Waals surface area contributed by atoms with E-state index in [9.17, 15) is 4.79 Å². The van der Waals surface area contributed by atoms with Crippen molar-refractivity contribution in [2.24, 2.45) is 11.7 Å². The van der Waals surface area contributed by atoms with Crippen LogP contribution in [0.3, 0.4) is 0 Å². The highest BCUT2D eigenvalue weighted by molar-refractivity contribution is 5.92. The van der Waals surface area contributed by atoms with E-state index in [1.165, 1.54) is 0 Å². The number of nitrogens with two attached hydrogens (primary N) is 1. The lowest BCUT2D eigenvalue weighted by Gasteiger charge is -2.31. The molecule has 0 radical (unpaired) electrons. The fourth-order valence-corrected chi connectivity index (χ4v) is 2.61. The molecule has 112 valence electrons. The SMILES string of the molecule is N#Cc1ccccc1NC(=O)CCN1CCC(CN)CC1. The molecule has 1 heterocycles. The fourth-order valence-electron chi connectivity index (χ4n) is 2.61. The summed E-state index contributed by atoms with van der Waals surface area (Å²) in [4.78, 5) is 14.3. The molecule has 5 heteroatoms. The van der Waals surface area contributed by atoms with Gasteiger partial charge in [-0.25, -0.2) is 0 Å². The first-order valence-corrected chi connectivity index (χ1v) is 7.44. The smallest absolute Gasteiger partial charge is 0.225 e. The van der Waals surface area contributed by atoms with Crippen LogP contribution in [-0.4, -0.2) is 37.0 Å². The van der Waals surface area contributed by atoms with Crippen LogP contribution in [0.5, 0.6) is 0 Å². The number of likely N-dealkylation sites (tertiary alicyclic amines) is 1. The highest BCUT2D eigenvalue weighted by Gasteiger charge is 2.18. The van der Waals surface area contributed by atoms with Gasteiger partial charge < -0.3 is 16.0 Å². The zero-order chi connectivity index (χ0) is 15.1. The summed E-state index contributed by atoms with van der Waals surface area (Å²) in [5.74, 6) is 0.594. The Hall–Kier alpha value is -1.90. The number of carbonyl (C=O) groups is 1. The van der Waals surface area contributed by atoms with Gasteiger partial charge in [0, 0.05) is 13.0 Å². The number of benzene rings is 1. The number of nitrogens with zero attached hydrogens (tertiary/aromatic N) is 2. The first-order chi connectivity index (χ1) is 10.2. The number of carbonyl (C=O) groups excluding carboxylic acids is 1. The number of hydrogen-bond donors (Lipinski definition) is 2. The topological polar surface area (TPSA) is 82.2 Å². The second-order valence-electron chi connectivity index (χ2n) is 5.48. The molecule has 1 aliphatic heterocycles. The van der Waals surface area contributed by atoms with Crippen molar-refractivity contribution in [3.05, 3.63) is 29.8 Å². The molecule has 1 saturated heterocycles. The van der Waals surface area contributed by atoms with Gasteiger partial charge in [0.25, 0.3) is 0 Å². The fraction of sp³-hybridized carbons (Fsp3) is 0.500. The number of anilines is 1. The van der Waals surface area contributed by atoms with Gasteiger partial charge in [0.1, 0.15) is 6.07 Å². The third-order valence-corrected chi connectivity index (χ3v) is 4.02. The van der Waals surface area contributed by atoms with Crippen LogP contribution in [0.4, 0.5) is 5.69 Å². The van der Waals surface area contributed by atoms with Crippen LogP contribution in [0, 0.1) is 17.2 Å². The van der Waals surface area contributed by atoms with E-state index < -0.39 is 0 Å². The molecule has 21 heavy (non-hydrogen) atoms. The Morgan fingerprint density at radius 2 is 2.10 bits per heavy atom. The minimum atomic E-state index is -0.0429.